The molecule has 1 unspecified atom stereocenters. The third kappa shape index (κ3) is 8.69. The molecule has 1 atom stereocenters. The van der Waals surface area contributed by atoms with Crippen molar-refractivity contribution in [3.05, 3.63) is 107 Å². The summed E-state index contributed by atoms with van der Waals surface area (Å²) in [5.41, 5.74) is 2.87. The molecule has 0 amide bonds. The van der Waals surface area contributed by atoms with E-state index >= 15 is 0 Å². The number of methoxy groups -OCH3 is 3. The van der Waals surface area contributed by atoms with Crippen LogP contribution in [0.25, 0.3) is 32.6 Å². The number of unbranched alkanes of at least 4 members (excludes halogenated alkanes) is 1. The number of rotatable bonds is 18. The lowest BCUT2D eigenvalue weighted by molar-refractivity contribution is -0.148. The van der Waals surface area contributed by atoms with Gasteiger partial charge in [-0.15, -0.1) is 0 Å². The Balaban J connectivity index is 1.65. The predicted octanol–water partition coefficient (Wildman–Crippen LogP) is 11.0. The SMILES string of the molecule is CCCCC(CC)Cn1c2ccc(/C(=N/OC(C)=O)c3ccccc3OCC(F)(F)C(F)F)cc2c2cc(C(=O)c3c(OC)cc(OC)cc3OC)c3ccccc3c21. The van der Waals surface area contributed by atoms with Crippen LogP contribution in [-0.2, 0) is 16.2 Å². The fourth-order valence-electron chi connectivity index (χ4n) is 7.42. The van der Waals surface area contributed by atoms with Crippen molar-refractivity contribution in [3.63, 3.8) is 0 Å². The molecule has 0 saturated carbocycles. The van der Waals surface area contributed by atoms with Crippen LogP contribution >= 0.6 is 0 Å². The van der Waals surface area contributed by atoms with E-state index in [-0.39, 0.29) is 39.9 Å². The molecular formula is C46H46F4N2O7. The molecule has 0 fully saturated rings. The largest absolute Gasteiger partial charge is 0.496 e. The maximum Gasteiger partial charge on any atom is 0.340 e. The van der Waals surface area contributed by atoms with Gasteiger partial charge in [0.05, 0.1) is 26.8 Å². The fourth-order valence-corrected chi connectivity index (χ4v) is 7.42. The van der Waals surface area contributed by atoms with E-state index in [0.717, 1.165) is 59.8 Å². The number of carbonyl (C=O) groups excluding carboxylic acids is 2. The average molecular weight is 815 g/mol. The summed E-state index contributed by atoms with van der Waals surface area (Å²) in [5.74, 6) is -4.40. The Bertz CT molecular complexity index is 2510. The first-order valence-corrected chi connectivity index (χ1v) is 19.3. The quantitative estimate of drug-likeness (QED) is 0.0280. The molecule has 6 rings (SSSR count). The molecule has 1 heterocycles. The number of ether oxygens (including phenoxy) is 4. The monoisotopic (exact) mass is 814 g/mol. The van der Waals surface area contributed by atoms with E-state index in [1.807, 2.05) is 42.5 Å². The number of benzene rings is 5. The summed E-state index contributed by atoms with van der Waals surface area (Å²) in [6.07, 6.45) is 0.113. The normalized spacial score (nSPS) is 12.6. The van der Waals surface area contributed by atoms with Crippen molar-refractivity contribution in [3.8, 4) is 23.0 Å². The molecule has 0 aliphatic heterocycles. The van der Waals surface area contributed by atoms with Crippen LogP contribution in [0, 0.1) is 5.92 Å². The Morgan fingerprint density at radius 3 is 2.08 bits per heavy atom. The van der Waals surface area contributed by atoms with Gasteiger partial charge in [0.2, 0.25) is 5.78 Å². The van der Waals surface area contributed by atoms with Crippen molar-refractivity contribution in [1.29, 1.82) is 0 Å². The molecule has 0 aliphatic rings. The summed E-state index contributed by atoms with van der Waals surface area (Å²) < 4.78 is 78.7. The number of hydrogen-bond donors (Lipinski definition) is 0. The molecule has 1 aromatic heterocycles. The van der Waals surface area contributed by atoms with E-state index in [0.29, 0.717) is 34.7 Å². The number of fused-ring (bicyclic) bond motifs is 5. The van der Waals surface area contributed by atoms with Gasteiger partial charge in [-0.1, -0.05) is 80.7 Å². The highest BCUT2D eigenvalue weighted by atomic mass is 19.3. The Kier molecular flexibility index (Phi) is 13.1. The van der Waals surface area contributed by atoms with Crippen LogP contribution < -0.4 is 18.9 Å². The molecule has 5 aromatic carbocycles. The fraction of sp³-hybridized carbons (Fsp3) is 0.326. The molecule has 6 aromatic rings. The highest BCUT2D eigenvalue weighted by Crippen LogP contribution is 2.42. The number of halogens is 4. The second-order valence-corrected chi connectivity index (χ2v) is 14.2. The predicted molar refractivity (Wildman–Crippen MR) is 220 cm³/mol. The lowest BCUT2D eigenvalue weighted by atomic mass is 9.93. The lowest BCUT2D eigenvalue weighted by Crippen LogP contribution is -2.34. The van der Waals surface area contributed by atoms with Crippen LogP contribution in [0.1, 0.15) is 73.5 Å². The summed E-state index contributed by atoms with van der Waals surface area (Å²) in [6, 6.07) is 24.2. The standard InChI is InChI=1S/C46H46F4N2O7/c1-7-9-14-28(8-2)25-52-37-20-19-29(42(51-59-27(3)53)33-17-12-13-18-38(33)58-26-46(49,50)45(47)48)21-34(37)35-24-36(31-15-10-11-16-32(31)43(35)52)44(54)41-39(56-5)22-30(55-4)23-40(41)57-6/h10-13,15-24,28,45H,7-9,14,25-26H2,1-6H3/b51-42-. The minimum Gasteiger partial charge on any atom is -0.496 e. The van der Waals surface area contributed by atoms with E-state index in [1.54, 1.807) is 24.3 Å². The van der Waals surface area contributed by atoms with E-state index < -0.39 is 24.9 Å². The number of alkyl halides is 4. The van der Waals surface area contributed by atoms with Crippen LogP contribution in [0.15, 0.2) is 90.1 Å². The number of oxime groups is 1. The van der Waals surface area contributed by atoms with Crippen LogP contribution in [0.2, 0.25) is 0 Å². The summed E-state index contributed by atoms with van der Waals surface area (Å²) >= 11 is 0. The number of para-hydroxylation sites is 1. The maximum absolute atomic E-state index is 14.9. The van der Waals surface area contributed by atoms with Gasteiger partial charge in [-0.05, 0) is 48.1 Å². The van der Waals surface area contributed by atoms with Crippen molar-refractivity contribution in [2.24, 2.45) is 11.1 Å². The smallest absolute Gasteiger partial charge is 0.340 e. The van der Waals surface area contributed by atoms with Crippen molar-refractivity contribution in [1.82, 2.24) is 4.57 Å². The second-order valence-electron chi connectivity index (χ2n) is 14.2. The van der Waals surface area contributed by atoms with E-state index in [9.17, 15) is 27.2 Å². The Labute approximate surface area is 339 Å². The molecule has 310 valence electrons. The molecule has 0 radical (unpaired) electrons. The summed E-state index contributed by atoms with van der Waals surface area (Å²) in [6.45, 7) is 4.57. The van der Waals surface area contributed by atoms with Gasteiger partial charge in [-0.25, -0.2) is 13.6 Å². The Hall–Kier alpha value is -6.11. The number of ketones is 1. The Morgan fingerprint density at radius 2 is 1.46 bits per heavy atom. The highest BCUT2D eigenvalue weighted by molar-refractivity contribution is 6.27. The van der Waals surface area contributed by atoms with Crippen molar-refractivity contribution < 1.29 is 50.9 Å². The first kappa shape index (κ1) is 42.5. The van der Waals surface area contributed by atoms with E-state index in [2.05, 4.69) is 23.6 Å². The number of nitrogens with zero attached hydrogens (tertiary/aromatic N) is 2. The topological polar surface area (TPSA) is 97.6 Å². The minimum absolute atomic E-state index is 0.0261. The van der Waals surface area contributed by atoms with Gasteiger partial charge in [0, 0.05) is 64.0 Å². The third-order valence-electron chi connectivity index (χ3n) is 10.5. The summed E-state index contributed by atoms with van der Waals surface area (Å²) in [5, 5.41) is 7.12. The highest BCUT2D eigenvalue weighted by Gasteiger charge is 2.42. The molecule has 0 aliphatic carbocycles. The lowest BCUT2D eigenvalue weighted by Gasteiger charge is -2.19. The second kappa shape index (κ2) is 18.2. The van der Waals surface area contributed by atoms with Gasteiger partial charge in [0.15, 0.2) is 6.61 Å². The zero-order chi connectivity index (χ0) is 42.4. The number of hydrogen-bond acceptors (Lipinski definition) is 8. The van der Waals surface area contributed by atoms with E-state index in [1.165, 1.54) is 39.5 Å². The molecule has 0 N–H and O–H groups in total. The molecule has 0 bridgehead atoms. The van der Waals surface area contributed by atoms with Gasteiger partial charge in [0.1, 0.15) is 34.3 Å². The Morgan fingerprint density at radius 1 is 0.780 bits per heavy atom. The van der Waals surface area contributed by atoms with Crippen LogP contribution in [0.5, 0.6) is 23.0 Å². The zero-order valence-corrected chi connectivity index (χ0v) is 33.7. The molecule has 0 saturated heterocycles. The van der Waals surface area contributed by atoms with Gasteiger partial charge in [0.25, 0.3) is 0 Å². The average Bonchev–Trinajstić information content (AvgIpc) is 3.55. The van der Waals surface area contributed by atoms with Gasteiger partial charge < -0.3 is 28.4 Å². The van der Waals surface area contributed by atoms with Gasteiger partial charge in [-0.2, -0.15) is 8.78 Å². The molecule has 9 nitrogen and oxygen atoms in total. The zero-order valence-electron chi connectivity index (χ0n) is 33.7. The van der Waals surface area contributed by atoms with Gasteiger partial charge >= 0.3 is 18.3 Å². The van der Waals surface area contributed by atoms with Crippen LogP contribution in [0.3, 0.4) is 0 Å². The molecule has 59 heavy (non-hydrogen) atoms. The van der Waals surface area contributed by atoms with Crippen molar-refractivity contribution in [2.75, 3.05) is 27.9 Å². The summed E-state index contributed by atoms with van der Waals surface area (Å²) in [7, 11) is 4.44. The first-order chi connectivity index (χ1) is 28.4. The van der Waals surface area contributed by atoms with Crippen molar-refractivity contribution >= 4 is 50.0 Å². The maximum atomic E-state index is 14.9. The van der Waals surface area contributed by atoms with Crippen LogP contribution in [0.4, 0.5) is 17.6 Å². The summed E-state index contributed by atoms with van der Waals surface area (Å²) in [4.78, 5) is 32.1. The molecule has 0 spiro atoms. The first-order valence-electron chi connectivity index (χ1n) is 19.3. The number of carbonyl (C=O) groups is 2. The molecular weight excluding hydrogens is 769 g/mol. The van der Waals surface area contributed by atoms with E-state index in [4.69, 9.17) is 23.8 Å². The van der Waals surface area contributed by atoms with Crippen LogP contribution in [-0.4, -0.2) is 62.3 Å². The van der Waals surface area contributed by atoms with Gasteiger partial charge in [-0.3, -0.25) is 4.79 Å². The molecule has 13 heteroatoms. The van der Waals surface area contributed by atoms with Crippen molar-refractivity contribution in [2.45, 2.75) is 65.3 Å². The minimum atomic E-state index is -4.42. The number of aromatic nitrogens is 1. The third-order valence-corrected chi connectivity index (χ3v) is 10.5.